The van der Waals surface area contributed by atoms with Crippen molar-refractivity contribution in [3.05, 3.63) is 71.5 Å². The number of nitrogens with one attached hydrogen (secondary N) is 1. The molecule has 2 N–H and O–H groups in total. The predicted molar refractivity (Wildman–Crippen MR) is 151 cm³/mol. The number of para-hydroxylation sites is 1. The number of piperazine rings is 1. The molecule has 0 spiro atoms. The molecule has 202 valence electrons. The summed E-state index contributed by atoms with van der Waals surface area (Å²) in [4.78, 5) is 36.2. The van der Waals surface area contributed by atoms with E-state index >= 15 is 0 Å². The Bertz CT molecular complexity index is 1420. The van der Waals surface area contributed by atoms with Crippen molar-refractivity contribution in [2.24, 2.45) is 0 Å². The Labute approximate surface area is 233 Å². The topological polar surface area (TPSA) is 143 Å². The van der Waals surface area contributed by atoms with Crippen LogP contribution in [0.2, 0.25) is 0 Å². The lowest BCUT2D eigenvalue weighted by atomic mass is 10.1. The summed E-state index contributed by atoms with van der Waals surface area (Å²) in [6, 6.07) is 17.7. The minimum Gasteiger partial charge on any atom is -0.480 e. The van der Waals surface area contributed by atoms with E-state index in [9.17, 15) is 24.2 Å². The maximum Gasteiger partial charge on any atom is 0.324 e. The van der Waals surface area contributed by atoms with E-state index in [4.69, 9.17) is 0 Å². The minimum absolute atomic E-state index is 0.227. The average molecular weight is 566 g/mol. The summed E-state index contributed by atoms with van der Waals surface area (Å²) in [6.45, 7) is 4.39. The van der Waals surface area contributed by atoms with Crippen LogP contribution in [-0.2, 0) is 15.8 Å². The van der Waals surface area contributed by atoms with Gasteiger partial charge in [0.1, 0.15) is 29.3 Å². The highest BCUT2D eigenvalue weighted by molar-refractivity contribution is 7.97. The van der Waals surface area contributed by atoms with Crippen LogP contribution in [0.5, 0.6) is 0 Å². The summed E-state index contributed by atoms with van der Waals surface area (Å²) in [5.41, 5.74) is 2.22. The fourth-order valence-electron chi connectivity index (χ4n) is 4.00. The van der Waals surface area contributed by atoms with Crippen molar-refractivity contribution in [2.75, 3.05) is 53.5 Å². The highest BCUT2D eigenvalue weighted by atomic mass is 32.2. The summed E-state index contributed by atoms with van der Waals surface area (Å²) in [6.07, 6.45) is 1.37. The van der Waals surface area contributed by atoms with Gasteiger partial charge in [-0.15, -0.1) is 0 Å². The maximum atomic E-state index is 13.0. The van der Waals surface area contributed by atoms with E-state index in [0.29, 0.717) is 17.3 Å². The molecule has 1 aliphatic rings. The van der Waals surface area contributed by atoms with Crippen LogP contribution in [0.3, 0.4) is 0 Å². The Kier molecular flexibility index (Phi) is 9.13. The van der Waals surface area contributed by atoms with E-state index in [0.717, 1.165) is 36.8 Å². The second-order valence-corrected chi connectivity index (χ2v) is 11.1. The predicted octanol–water partition coefficient (Wildman–Crippen LogP) is 2.92. The van der Waals surface area contributed by atoms with Crippen molar-refractivity contribution in [3.8, 4) is 6.07 Å². The third kappa shape index (κ3) is 7.32. The van der Waals surface area contributed by atoms with Gasteiger partial charge in [0, 0.05) is 48.7 Å². The Morgan fingerprint density at radius 1 is 1.13 bits per heavy atom. The van der Waals surface area contributed by atoms with Gasteiger partial charge < -0.3 is 15.3 Å². The number of carbonyl (C=O) groups is 2. The summed E-state index contributed by atoms with van der Waals surface area (Å²) in [7, 11) is -1.63. The van der Waals surface area contributed by atoms with Crippen LogP contribution in [-0.4, -0.2) is 74.4 Å². The Balaban J connectivity index is 1.36. The molecule has 0 saturated carbocycles. The Morgan fingerprint density at radius 3 is 2.46 bits per heavy atom. The molecule has 13 heteroatoms. The van der Waals surface area contributed by atoms with E-state index in [1.54, 1.807) is 54.4 Å². The van der Waals surface area contributed by atoms with E-state index in [1.807, 2.05) is 19.1 Å². The number of aliphatic carboxylic acids is 1. The van der Waals surface area contributed by atoms with Crippen molar-refractivity contribution in [3.63, 3.8) is 0 Å². The lowest BCUT2D eigenvalue weighted by Crippen LogP contribution is -2.44. The standard InChI is InChI=1S/C26H27N7O4S2/c1-18-15-20(16-27)30-26(28-18)31-11-13-32(14-12-31)38-21-9-7-19(8-10-21)29-25(36)22-5-3-4-6-23(22)33(39(2)37)17-24(34)35/h3-10,15H,11-14,17H2,1-2H3,(H,29,36)(H,34,35). The molecule has 2 aromatic carbocycles. The lowest BCUT2D eigenvalue weighted by molar-refractivity contribution is -0.135. The molecule has 0 bridgehead atoms. The number of hydrogen-bond acceptors (Lipinski definition) is 9. The number of aromatic nitrogens is 2. The van der Waals surface area contributed by atoms with Crippen LogP contribution in [0.1, 0.15) is 21.7 Å². The normalized spacial score (nSPS) is 14.3. The molecule has 4 rings (SSSR count). The van der Waals surface area contributed by atoms with Crippen LogP contribution in [0.4, 0.5) is 17.3 Å². The number of carbonyl (C=O) groups excluding carboxylic acids is 1. The van der Waals surface area contributed by atoms with E-state index < -0.39 is 29.4 Å². The number of nitrogens with zero attached hydrogens (tertiary/aromatic N) is 6. The maximum absolute atomic E-state index is 13.0. The van der Waals surface area contributed by atoms with Gasteiger partial charge in [-0.25, -0.2) is 18.5 Å². The molecule has 2 heterocycles. The van der Waals surface area contributed by atoms with Gasteiger partial charge in [0.05, 0.1) is 11.3 Å². The second kappa shape index (κ2) is 12.7. The van der Waals surface area contributed by atoms with Crippen LogP contribution >= 0.6 is 11.9 Å². The highest BCUT2D eigenvalue weighted by Gasteiger charge is 2.22. The number of amides is 1. The molecule has 1 saturated heterocycles. The Hall–Kier alpha value is -3.99. The number of nitriles is 1. The molecular weight excluding hydrogens is 538 g/mol. The van der Waals surface area contributed by atoms with E-state index in [2.05, 4.69) is 30.6 Å². The van der Waals surface area contributed by atoms with Crippen LogP contribution in [0.15, 0.2) is 59.5 Å². The van der Waals surface area contributed by atoms with Gasteiger partial charge in [-0.1, -0.05) is 12.1 Å². The molecule has 11 nitrogen and oxygen atoms in total. The molecule has 0 aliphatic carbocycles. The third-order valence-corrected chi connectivity index (χ3v) is 7.88. The minimum atomic E-state index is -1.63. The molecule has 1 amide bonds. The zero-order valence-electron chi connectivity index (χ0n) is 21.4. The zero-order chi connectivity index (χ0) is 27.9. The molecule has 1 aliphatic heterocycles. The highest BCUT2D eigenvalue weighted by Crippen LogP contribution is 2.27. The largest absolute Gasteiger partial charge is 0.480 e. The van der Waals surface area contributed by atoms with Crippen molar-refractivity contribution >= 4 is 52.1 Å². The summed E-state index contributed by atoms with van der Waals surface area (Å²) in [5.74, 6) is -0.999. The first-order chi connectivity index (χ1) is 18.7. The van der Waals surface area contributed by atoms with Gasteiger partial charge in [-0.2, -0.15) is 5.26 Å². The number of carboxylic acids is 1. The van der Waals surface area contributed by atoms with Crippen molar-refractivity contribution in [1.29, 1.82) is 5.26 Å². The summed E-state index contributed by atoms with van der Waals surface area (Å²) in [5, 5.41) is 21.2. The van der Waals surface area contributed by atoms with Crippen molar-refractivity contribution in [2.45, 2.75) is 11.8 Å². The van der Waals surface area contributed by atoms with Crippen molar-refractivity contribution < 1.29 is 18.9 Å². The van der Waals surface area contributed by atoms with Crippen molar-refractivity contribution in [1.82, 2.24) is 14.3 Å². The number of carboxylic acid groups (broad SMARTS) is 1. The molecule has 1 unspecified atom stereocenters. The quantitative estimate of drug-likeness (QED) is 0.372. The first kappa shape index (κ1) is 28.0. The SMILES string of the molecule is Cc1cc(C#N)nc(N2CCN(Sc3ccc(NC(=O)c4ccccc4N(CC(=O)O)S(C)=O)cc3)CC2)n1. The molecular formula is C26H27N7O4S2. The number of anilines is 3. The first-order valence-corrected chi connectivity index (χ1v) is 14.3. The monoisotopic (exact) mass is 565 g/mol. The summed E-state index contributed by atoms with van der Waals surface area (Å²) >= 11 is 1.62. The fourth-order valence-corrected chi connectivity index (χ4v) is 5.63. The molecule has 0 radical (unpaired) electrons. The number of benzene rings is 2. The van der Waals surface area contributed by atoms with Gasteiger partial charge in [-0.05, 0) is 61.3 Å². The number of aryl methyl sites for hydroxylation is 1. The number of hydrogen-bond donors (Lipinski definition) is 2. The van der Waals surface area contributed by atoms with Crippen LogP contribution in [0.25, 0.3) is 0 Å². The number of rotatable bonds is 9. The summed E-state index contributed by atoms with van der Waals surface area (Å²) < 4.78 is 15.6. The lowest BCUT2D eigenvalue weighted by Gasteiger charge is -2.33. The van der Waals surface area contributed by atoms with Crippen LogP contribution < -0.4 is 14.5 Å². The van der Waals surface area contributed by atoms with Gasteiger partial charge in [-0.3, -0.25) is 13.9 Å². The van der Waals surface area contributed by atoms with Crippen LogP contribution in [0, 0.1) is 18.3 Å². The average Bonchev–Trinajstić information content (AvgIpc) is 2.92. The first-order valence-electron chi connectivity index (χ1n) is 12.0. The van der Waals surface area contributed by atoms with Gasteiger partial charge >= 0.3 is 5.97 Å². The zero-order valence-corrected chi connectivity index (χ0v) is 23.0. The van der Waals surface area contributed by atoms with E-state index in [-0.39, 0.29) is 11.3 Å². The molecule has 1 atom stereocenters. The van der Waals surface area contributed by atoms with Gasteiger partial charge in [0.25, 0.3) is 5.91 Å². The van der Waals surface area contributed by atoms with E-state index in [1.165, 1.54) is 10.6 Å². The molecule has 1 aromatic heterocycles. The third-order valence-electron chi connectivity index (χ3n) is 5.83. The smallest absolute Gasteiger partial charge is 0.324 e. The molecule has 39 heavy (non-hydrogen) atoms. The van der Waals surface area contributed by atoms with Gasteiger partial charge in [0.15, 0.2) is 0 Å². The Morgan fingerprint density at radius 2 is 1.82 bits per heavy atom. The molecule has 3 aromatic rings. The second-order valence-electron chi connectivity index (χ2n) is 8.66. The molecule has 1 fully saturated rings. The fraction of sp³-hybridized carbons (Fsp3) is 0.269. The van der Waals surface area contributed by atoms with Gasteiger partial charge in [0.2, 0.25) is 5.95 Å².